The molecule has 0 saturated carbocycles. The van der Waals surface area contributed by atoms with Gasteiger partial charge in [-0.3, -0.25) is 13.9 Å². The lowest BCUT2D eigenvalue weighted by atomic mass is 10.4. The summed E-state index contributed by atoms with van der Waals surface area (Å²) in [6.07, 6.45) is -0.183. The van der Waals surface area contributed by atoms with Crippen molar-refractivity contribution in [2.24, 2.45) is 0 Å². The molecule has 14 heavy (non-hydrogen) atoms. The van der Waals surface area contributed by atoms with E-state index >= 15 is 0 Å². The van der Waals surface area contributed by atoms with E-state index in [4.69, 9.17) is 13.9 Å². The molecule has 0 aliphatic carbocycles. The molecule has 0 aromatic rings. The maximum Gasteiger partial charge on any atom is 0.431 e. The van der Waals surface area contributed by atoms with Gasteiger partial charge in [-0.1, -0.05) is 4.83 Å². The molecule has 0 aliphatic heterocycles. The van der Waals surface area contributed by atoms with Crippen molar-refractivity contribution >= 4 is 7.75 Å². The molecular weight excluding hydrogens is 205 g/mol. The summed E-state index contributed by atoms with van der Waals surface area (Å²) in [7, 11) is -0.527. The number of nitrogens with zero attached hydrogens (tertiary/aromatic N) is 1. The zero-order valence-corrected chi connectivity index (χ0v) is 10.6. The fourth-order valence-electron chi connectivity index (χ4n) is 1.03. The molecule has 0 fully saturated rings. The minimum Gasteiger partial charge on any atom is -0.299 e. The zero-order valence-electron chi connectivity index (χ0n) is 9.68. The maximum absolute atomic E-state index is 12.1. The van der Waals surface area contributed by atoms with E-state index in [1.165, 1.54) is 19.1 Å². The molecule has 0 spiro atoms. The molecule has 0 rings (SSSR count). The third-order valence-electron chi connectivity index (χ3n) is 1.44. The third kappa shape index (κ3) is 3.67. The normalized spacial score (nSPS) is 16.6. The van der Waals surface area contributed by atoms with Gasteiger partial charge in [0, 0.05) is 13.2 Å². The monoisotopic (exact) mass is 225 g/mol. The van der Waals surface area contributed by atoms with Crippen LogP contribution >= 0.6 is 7.75 Å². The molecule has 6 heteroatoms. The quantitative estimate of drug-likeness (QED) is 0.513. The summed E-state index contributed by atoms with van der Waals surface area (Å²) >= 11 is 0. The van der Waals surface area contributed by atoms with Crippen LogP contribution in [-0.2, 0) is 18.5 Å². The van der Waals surface area contributed by atoms with E-state index in [0.717, 1.165) is 0 Å². The Kier molecular flexibility index (Phi) is 5.86. The van der Waals surface area contributed by atoms with E-state index < -0.39 is 7.75 Å². The van der Waals surface area contributed by atoms with Crippen molar-refractivity contribution in [1.82, 2.24) is 4.83 Å². The average molecular weight is 225 g/mol. The number of hydrogen-bond donors (Lipinski definition) is 0. The van der Waals surface area contributed by atoms with E-state index in [2.05, 4.69) is 0 Å². The Morgan fingerprint density at radius 1 is 1.14 bits per heavy atom. The zero-order chi connectivity index (χ0) is 11.4. The summed E-state index contributed by atoms with van der Waals surface area (Å²) in [5.41, 5.74) is 0. The highest BCUT2D eigenvalue weighted by molar-refractivity contribution is 7.51. The molecule has 1 atom stereocenters. The maximum atomic E-state index is 12.1. The predicted molar refractivity (Wildman–Crippen MR) is 54.8 cm³/mol. The lowest BCUT2D eigenvalue weighted by Gasteiger charge is -2.30. The molecule has 0 aromatic heterocycles. The fraction of sp³-hybridized carbons (Fsp3) is 1.00. The molecule has 0 aliphatic rings. The van der Waals surface area contributed by atoms with Gasteiger partial charge in [0.05, 0.1) is 13.2 Å². The molecule has 0 heterocycles. The van der Waals surface area contributed by atoms with Crippen LogP contribution in [0.4, 0.5) is 0 Å². The van der Waals surface area contributed by atoms with Crippen LogP contribution in [0.5, 0.6) is 0 Å². The fourth-order valence-corrected chi connectivity index (χ4v) is 2.67. The van der Waals surface area contributed by atoms with Crippen LogP contribution in [0.1, 0.15) is 27.7 Å². The summed E-state index contributed by atoms with van der Waals surface area (Å²) < 4.78 is 22.3. The lowest BCUT2D eigenvalue weighted by molar-refractivity contribution is -0.102. The minimum atomic E-state index is -3.31. The van der Waals surface area contributed by atoms with Gasteiger partial charge < -0.3 is 0 Å². The average Bonchev–Trinajstić information content (AvgIpc) is 2.03. The van der Waals surface area contributed by atoms with Crippen molar-refractivity contribution < 1.29 is 18.5 Å². The van der Waals surface area contributed by atoms with Crippen LogP contribution in [0.3, 0.4) is 0 Å². The highest BCUT2D eigenvalue weighted by Crippen LogP contribution is 2.53. The Balaban J connectivity index is 4.72. The summed E-state index contributed by atoms with van der Waals surface area (Å²) in [4.78, 5) is 6.23. The summed E-state index contributed by atoms with van der Waals surface area (Å²) in [5, 5.41) is 0. The van der Waals surface area contributed by atoms with Crippen LogP contribution in [0.25, 0.3) is 0 Å². The Hall–Kier alpha value is 0.0700. The molecule has 1 unspecified atom stereocenters. The molecular formula is C8H20NO4P. The lowest BCUT2D eigenvalue weighted by Crippen LogP contribution is -2.29. The van der Waals surface area contributed by atoms with E-state index in [9.17, 15) is 4.57 Å². The van der Waals surface area contributed by atoms with Gasteiger partial charge >= 0.3 is 7.75 Å². The number of hydroxylamine groups is 1. The number of rotatable bonds is 6. The second kappa shape index (κ2) is 5.83. The smallest absolute Gasteiger partial charge is 0.299 e. The first kappa shape index (κ1) is 14.1. The molecule has 0 aromatic carbocycles. The van der Waals surface area contributed by atoms with Gasteiger partial charge in [-0.05, 0) is 27.7 Å². The predicted octanol–water partition coefficient (Wildman–Crippen LogP) is 2.44. The SMILES string of the molecule is CON(C(C)C)P(=O)(OC)OC(C)C. The van der Waals surface area contributed by atoms with Crippen molar-refractivity contribution in [1.29, 1.82) is 0 Å². The van der Waals surface area contributed by atoms with Gasteiger partial charge in [-0.2, -0.15) is 0 Å². The van der Waals surface area contributed by atoms with Crippen LogP contribution in [-0.4, -0.2) is 31.2 Å². The molecule has 5 nitrogen and oxygen atoms in total. The molecule has 86 valence electrons. The second-order valence-corrected chi connectivity index (χ2v) is 5.29. The first-order valence-electron chi connectivity index (χ1n) is 4.55. The van der Waals surface area contributed by atoms with Gasteiger partial charge in [-0.15, -0.1) is 0 Å². The van der Waals surface area contributed by atoms with Gasteiger partial charge in [0.25, 0.3) is 0 Å². The van der Waals surface area contributed by atoms with Crippen LogP contribution < -0.4 is 0 Å². The standard InChI is InChI=1S/C8H20NO4P/c1-7(2)9(11-5)14(10,12-6)13-8(3)4/h7-8H,1-6H3. The molecule has 0 bridgehead atoms. The van der Waals surface area contributed by atoms with Gasteiger partial charge in [0.1, 0.15) is 0 Å². The molecule has 0 amide bonds. The Labute approximate surface area is 85.9 Å². The molecule has 0 saturated heterocycles. The second-order valence-electron chi connectivity index (χ2n) is 3.38. The van der Waals surface area contributed by atoms with Gasteiger partial charge in [-0.25, -0.2) is 4.57 Å². The van der Waals surface area contributed by atoms with E-state index in [-0.39, 0.29) is 12.1 Å². The molecule has 0 radical (unpaired) electrons. The number of hydrogen-bond acceptors (Lipinski definition) is 4. The van der Waals surface area contributed by atoms with Gasteiger partial charge in [0.15, 0.2) is 0 Å². The van der Waals surface area contributed by atoms with Gasteiger partial charge in [0.2, 0.25) is 0 Å². The summed E-state index contributed by atoms with van der Waals surface area (Å²) in [6, 6.07) is -0.0791. The Bertz CT molecular complexity index is 208. The van der Waals surface area contributed by atoms with E-state index in [0.29, 0.717) is 0 Å². The first-order chi connectivity index (χ1) is 6.37. The minimum absolute atomic E-state index is 0.0791. The highest BCUT2D eigenvalue weighted by atomic mass is 31.2. The van der Waals surface area contributed by atoms with Crippen molar-refractivity contribution in [3.8, 4) is 0 Å². The largest absolute Gasteiger partial charge is 0.431 e. The third-order valence-corrected chi connectivity index (χ3v) is 3.70. The van der Waals surface area contributed by atoms with Crippen molar-refractivity contribution in [2.45, 2.75) is 39.8 Å². The van der Waals surface area contributed by atoms with E-state index in [1.54, 1.807) is 13.8 Å². The summed E-state index contributed by atoms with van der Waals surface area (Å²) in [6.45, 7) is 7.28. The van der Waals surface area contributed by atoms with Crippen LogP contribution in [0.2, 0.25) is 0 Å². The Morgan fingerprint density at radius 2 is 1.64 bits per heavy atom. The first-order valence-corrected chi connectivity index (χ1v) is 6.05. The van der Waals surface area contributed by atoms with Crippen molar-refractivity contribution in [3.05, 3.63) is 0 Å². The van der Waals surface area contributed by atoms with Crippen molar-refractivity contribution in [3.63, 3.8) is 0 Å². The summed E-state index contributed by atoms with van der Waals surface area (Å²) in [5.74, 6) is 0. The van der Waals surface area contributed by atoms with Crippen LogP contribution in [0, 0.1) is 0 Å². The topological polar surface area (TPSA) is 48.0 Å². The van der Waals surface area contributed by atoms with Crippen molar-refractivity contribution in [2.75, 3.05) is 14.2 Å². The van der Waals surface area contributed by atoms with E-state index in [1.807, 2.05) is 13.8 Å². The highest BCUT2D eigenvalue weighted by Gasteiger charge is 2.36. The van der Waals surface area contributed by atoms with Crippen LogP contribution in [0.15, 0.2) is 0 Å². The Morgan fingerprint density at radius 3 is 1.86 bits per heavy atom. The molecule has 0 N–H and O–H groups in total.